The molecule has 1 saturated heterocycles. The summed E-state index contributed by atoms with van der Waals surface area (Å²) in [6.07, 6.45) is 2.01. The molecule has 28 heavy (non-hydrogen) atoms. The fraction of sp³-hybridized carbons (Fsp3) is 0.435. The maximum absolute atomic E-state index is 12.5. The molecule has 1 N–H and O–H groups in total. The third-order valence-electron chi connectivity index (χ3n) is 5.04. The van der Waals surface area contributed by atoms with Gasteiger partial charge in [-0.2, -0.15) is 0 Å². The Morgan fingerprint density at radius 2 is 1.68 bits per heavy atom. The van der Waals surface area contributed by atoms with Crippen LogP contribution in [0.25, 0.3) is 0 Å². The molecule has 150 valence electrons. The number of benzene rings is 2. The quantitative estimate of drug-likeness (QED) is 0.668. The first-order chi connectivity index (χ1) is 13.5. The SMILES string of the molecule is CC(C)Oc1ccc(CNC(=O)C2CCN(Cc3ccc(Br)cc3)CC2)cc1. The normalized spacial score (nSPS) is 15.6. The van der Waals surface area contributed by atoms with Crippen molar-refractivity contribution in [2.24, 2.45) is 5.92 Å². The van der Waals surface area contributed by atoms with E-state index in [0.29, 0.717) is 6.54 Å². The van der Waals surface area contributed by atoms with E-state index in [1.165, 1.54) is 5.56 Å². The van der Waals surface area contributed by atoms with Crippen molar-refractivity contribution < 1.29 is 9.53 Å². The summed E-state index contributed by atoms with van der Waals surface area (Å²) in [4.78, 5) is 15.0. The molecule has 0 aliphatic carbocycles. The van der Waals surface area contributed by atoms with Crippen molar-refractivity contribution in [2.45, 2.75) is 45.9 Å². The number of hydrogen-bond acceptors (Lipinski definition) is 3. The van der Waals surface area contributed by atoms with E-state index in [2.05, 4.69) is 50.4 Å². The number of carbonyl (C=O) groups excluding carboxylic acids is 1. The summed E-state index contributed by atoms with van der Waals surface area (Å²) < 4.78 is 6.76. The molecule has 0 spiro atoms. The van der Waals surface area contributed by atoms with E-state index in [1.54, 1.807) is 0 Å². The van der Waals surface area contributed by atoms with E-state index >= 15 is 0 Å². The Bertz CT molecular complexity index is 751. The van der Waals surface area contributed by atoms with Gasteiger partial charge in [0.2, 0.25) is 5.91 Å². The van der Waals surface area contributed by atoms with E-state index in [0.717, 1.165) is 48.3 Å². The molecule has 2 aromatic rings. The number of piperidine rings is 1. The van der Waals surface area contributed by atoms with Gasteiger partial charge in [-0.25, -0.2) is 0 Å². The number of halogens is 1. The van der Waals surface area contributed by atoms with Crippen LogP contribution in [0.1, 0.15) is 37.8 Å². The molecule has 5 heteroatoms. The Morgan fingerprint density at radius 1 is 1.07 bits per heavy atom. The van der Waals surface area contributed by atoms with Crippen molar-refractivity contribution >= 4 is 21.8 Å². The fourth-order valence-corrected chi connectivity index (χ4v) is 3.76. The number of ether oxygens (including phenoxy) is 1. The summed E-state index contributed by atoms with van der Waals surface area (Å²) >= 11 is 3.47. The van der Waals surface area contributed by atoms with Crippen molar-refractivity contribution in [1.82, 2.24) is 10.2 Å². The van der Waals surface area contributed by atoms with Gasteiger partial charge in [0.05, 0.1) is 6.10 Å². The van der Waals surface area contributed by atoms with Crippen molar-refractivity contribution in [2.75, 3.05) is 13.1 Å². The zero-order valence-electron chi connectivity index (χ0n) is 16.7. The lowest BCUT2D eigenvalue weighted by molar-refractivity contribution is -0.126. The first kappa shape index (κ1) is 20.9. The second kappa shape index (κ2) is 10.1. The minimum atomic E-state index is 0.115. The van der Waals surface area contributed by atoms with Crippen LogP contribution >= 0.6 is 15.9 Å². The summed E-state index contributed by atoms with van der Waals surface area (Å²) in [6.45, 7) is 7.48. The van der Waals surface area contributed by atoms with Gasteiger partial charge in [-0.15, -0.1) is 0 Å². The Kier molecular flexibility index (Phi) is 7.51. The van der Waals surface area contributed by atoms with Gasteiger partial charge in [0, 0.05) is 23.5 Å². The summed E-state index contributed by atoms with van der Waals surface area (Å²) in [5.74, 6) is 1.15. The molecule has 1 aliphatic heterocycles. The van der Waals surface area contributed by atoms with Crippen molar-refractivity contribution in [3.05, 3.63) is 64.1 Å². The largest absolute Gasteiger partial charge is 0.491 e. The van der Waals surface area contributed by atoms with Crippen LogP contribution in [0.2, 0.25) is 0 Å². The minimum absolute atomic E-state index is 0.115. The number of carbonyl (C=O) groups is 1. The van der Waals surface area contributed by atoms with Gasteiger partial charge < -0.3 is 10.1 Å². The van der Waals surface area contributed by atoms with Crippen LogP contribution in [0, 0.1) is 5.92 Å². The van der Waals surface area contributed by atoms with Gasteiger partial charge in [-0.05, 0) is 75.2 Å². The van der Waals surface area contributed by atoms with Crippen LogP contribution in [0.5, 0.6) is 5.75 Å². The maximum atomic E-state index is 12.5. The molecule has 0 aromatic heterocycles. The van der Waals surface area contributed by atoms with Crippen LogP contribution < -0.4 is 10.1 Å². The minimum Gasteiger partial charge on any atom is -0.491 e. The van der Waals surface area contributed by atoms with Gasteiger partial charge in [0.25, 0.3) is 0 Å². The molecule has 2 aromatic carbocycles. The maximum Gasteiger partial charge on any atom is 0.223 e. The van der Waals surface area contributed by atoms with E-state index in [9.17, 15) is 4.79 Å². The lowest BCUT2D eigenvalue weighted by Crippen LogP contribution is -2.40. The standard InChI is InChI=1S/C23H29BrN2O2/c1-17(2)28-22-9-5-18(6-10-22)15-25-23(27)20-11-13-26(14-12-20)16-19-3-7-21(24)8-4-19/h3-10,17,20H,11-16H2,1-2H3,(H,25,27). The predicted molar refractivity (Wildman–Crippen MR) is 116 cm³/mol. The van der Waals surface area contributed by atoms with Crippen LogP contribution in [0.3, 0.4) is 0 Å². The molecular formula is C23H29BrN2O2. The highest BCUT2D eigenvalue weighted by Crippen LogP contribution is 2.20. The van der Waals surface area contributed by atoms with Crippen LogP contribution in [0.15, 0.2) is 53.0 Å². The van der Waals surface area contributed by atoms with Gasteiger partial charge in [-0.1, -0.05) is 40.2 Å². The molecule has 1 aliphatic rings. The highest BCUT2D eigenvalue weighted by molar-refractivity contribution is 9.10. The first-order valence-corrected chi connectivity index (χ1v) is 10.8. The second-order valence-corrected chi connectivity index (χ2v) is 8.62. The monoisotopic (exact) mass is 444 g/mol. The molecular weight excluding hydrogens is 416 g/mol. The lowest BCUT2D eigenvalue weighted by Gasteiger charge is -2.31. The number of nitrogens with zero attached hydrogens (tertiary/aromatic N) is 1. The van der Waals surface area contributed by atoms with E-state index in [4.69, 9.17) is 4.74 Å². The first-order valence-electron chi connectivity index (χ1n) is 9.99. The zero-order chi connectivity index (χ0) is 19.9. The second-order valence-electron chi connectivity index (χ2n) is 7.71. The smallest absolute Gasteiger partial charge is 0.223 e. The van der Waals surface area contributed by atoms with E-state index < -0.39 is 0 Å². The number of likely N-dealkylation sites (tertiary alicyclic amines) is 1. The molecule has 3 rings (SSSR count). The van der Waals surface area contributed by atoms with Gasteiger partial charge in [-0.3, -0.25) is 9.69 Å². The Balaban J connectivity index is 1.40. The average molecular weight is 445 g/mol. The fourth-order valence-electron chi connectivity index (χ4n) is 3.49. The zero-order valence-corrected chi connectivity index (χ0v) is 18.2. The average Bonchev–Trinajstić information content (AvgIpc) is 2.69. The lowest BCUT2D eigenvalue weighted by atomic mass is 9.95. The highest BCUT2D eigenvalue weighted by atomic mass is 79.9. The predicted octanol–water partition coefficient (Wildman–Crippen LogP) is 4.76. The van der Waals surface area contributed by atoms with Crippen LogP contribution in [-0.2, 0) is 17.9 Å². The number of nitrogens with one attached hydrogen (secondary N) is 1. The molecule has 0 bridgehead atoms. The van der Waals surface area contributed by atoms with Crippen molar-refractivity contribution in [1.29, 1.82) is 0 Å². The molecule has 0 unspecified atom stereocenters. The highest BCUT2D eigenvalue weighted by Gasteiger charge is 2.24. The Hall–Kier alpha value is -1.85. The third kappa shape index (κ3) is 6.35. The van der Waals surface area contributed by atoms with Crippen LogP contribution in [-0.4, -0.2) is 30.0 Å². The number of amides is 1. The van der Waals surface area contributed by atoms with Gasteiger partial charge >= 0.3 is 0 Å². The van der Waals surface area contributed by atoms with E-state index in [1.807, 2.05) is 38.1 Å². The number of hydrogen-bond donors (Lipinski definition) is 1. The van der Waals surface area contributed by atoms with Crippen LogP contribution in [0.4, 0.5) is 0 Å². The number of rotatable bonds is 7. The van der Waals surface area contributed by atoms with Gasteiger partial charge in [0.1, 0.15) is 5.75 Å². The van der Waals surface area contributed by atoms with Crippen molar-refractivity contribution in [3.63, 3.8) is 0 Å². The Labute approximate surface area is 176 Å². The third-order valence-corrected chi connectivity index (χ3v) is 5.57. The van der Waals surface area contributed by atoms with Crippen molar-refractivity contribution in [3.8, 4) is 5.75 Å². The van der Waals surface area contributed by atoms with E-state index in [-0.39, 0.29) is 17.9 Å². The molecule has 1 heterocycles. The molecule has 0 radical (unpaired) electrons. The Morgan fingerprint density at radius 3 is 2.29 bits per heavy atom. The molecule has 4 nitrogen and oxygen atoms in total. The summed E-state index contributed by atoms with van der Waals surface area (Å²) in [7, 11) is 0. The van der Waals surface area contributed by atoms with Gasteiger partial charge in [0.15, 0.2) is 0 Å². The molecule has 1 fully saturated rings. The summed E-state index contributed by atoms with van der Waals surface area (Å²) in [5, 5.41) is 3.10. The summed E-state index contributed by atoms with van der Waals surface area (Å²) in [6, 6.07) is 16.4. The summed E-state index contributed by atoms with van der Waals surface area (Å²) in [5.41, 5.74) is 2.41. The molecule has 1 amide bonds. The topological polar surface area (TPSA) is 41.6 Å². The molecule has 0 atom stereocenters. The molecule has 0 saturated carbocycles.